The summed E-state index contributed by atoms with van der Waals surface area (Å²) >= 11 is 29.7. The highest BCUT2D eigenvalue weighted by Crippen LogP contribution is 2.61. The Balaban J connectivity index is 1.31. The Kier molecular flexibility index (Phi) is 13.8. The quantitative estimate of drug-likeness (QED) is 0.114. The number of fused-ring (bicyclic) bond motifs is 1. The Morgan fingerprint density at radius 1 is 0.377 bits per heavy atom. The summed E-state index contributed by atoms with van der Waals surface area (Å²) in [5, 5.41) is -0.569. The third-order valence-electron chi connectivity index (χ3n) is 13.8. The van der Waals surface area contributed by atoms with Crippen molar-refractivity contribution in [3.63, 3.8) is 0 Å². The minimum absolute atomic E-state index is 0.0881. The van der Waals surface area contributed by atoms with Crippen LogP contribution in [0.25, 0.3) is 33.4 Å². The number of ketones is 1. The van der Waals surface area contributed by atoms with Gasteiger partial charge >= 0.3 is 0 Å². The molecule has 2 atom stereocenters. The van der Waals surface area contributed by atoms with Gasteiger partial charge in [-0.25, -0.2) is 0 Å². The van der Waals surface area contributed by atoms with Gasteiger partial charge in [0, 0.05) is 39.0 Å². The van der Waals surface area contributed by atoms with Gasteiger partial charge < -0.3 is 18.9 Å². The lowest BCUT2D eigenvalue weighted by Gasteiger charge is -2.38. The molecule has 0 saturated heterocycles. The second-order valence-corrected chi connectivity index (χ2v) is 20.5. The maximum atomic E-state index is 15.0. The number of carbonyl (C=O) groups excluding carboxylic acids is 1. The highest BCUT2D eigenvalue weighted by atomic mass is 35.5. The second-order valence-electron chi connectivity index (χ2n) is 18.5. The van der Waals surface area contributed by atoms with Crippen molar-refractivity contribution in [2.45, 2.75) is 16.5 Å². The van der Waals surface area contributed by atoms with Crippen molar-refractivity contribution in [3.05, 3.63) is 332 Å². The van der Waals surface area contributed by atoms with Gasteiger partial charge in [0.05, 0.1) is 16.2 Å². The summed E-state index contributed by atoms with van der Waals surface area (Å²) < 4.78 is 27.2. The fraction of sp³-hybridized carbons (Fsp3) is 0.0441. The van der Waals surface area contributed by atoms with Gasteiger partial charge in [0.2, 0.25) is 5.78 Å². The zero-order valence-electron chi connectivity index (χ0n) is 41.0. The predicted octanol–water partition coefficient (Wildman–Crippen LogP) is 18.5. The van der Waals surface area contributed by atoms with Gasteiger partial charge in [-0.05, 0) is 69.3 Å². The molecule has 0 fully saturated rings. The van der Waals surface area contributed by atoms with Gasteiger partial charge in [-0.2, -0.15) is 0 Å². The van der Waals surface area contributed by atoms with Crippen LogP contribution in [0.15, 0.2) is 277 Å². The van der Waals surface area contributed by atoms with Crippen molar-refractivity contribution >= 4 is 85.6 Å². The molecule has 1 aliphatic carbocycles. The molecule has 2 aliphatic heterocycles. The summed E-state index contributed by atoms with van der Waals surface area (Å²) in [7, 11) is 0. The molecule has 0 amide bonds. The molecule has 2 unspecified atom stereocenters. The molecule has 0 radical (unpaired) electrons. The zero-order chi connectivity index (χ0) is 52.5. The number of halogens is 4. The standard InChI is InChI=1S/C68H44Cl4O5/c69-61-62(73)52-42-41-51(58-53(43-25-9-1-10-26-43)55(45-29-13-3-14-30-45)63(47-33-17-5-18-34-47)76-66(58)74-49-37-21-7-22-38-49)57(60(52)68(71,72)65(61)70)59-54(44-27-11-2-12-28-44)56(46-31-15-4-16-32-46)64(48-35-19-6-20-36-48)77-67(59)75-50-39-23-8-24-40-50/h1-42,63-64H. The van der Waals surface area contributed by atoms with E-state index in [1.807, 2.05) is 212 Å². The first-order chi connectivity index (χ1) is 37.8. The summed E-state index contributed by atoms with van der Waals surface area (Å²) in [6.07, 6.45) is -1.46. The molecule has 0 saturated carbocycles. The summed E-state index contributed by atoms with van der Waals surface area (Å²) in [4.78, 5) is 15.0. The number of hydrogen-bond acceptors (Lipinski definition) is 5. The van der Waals surface area contributed by atoms with E-state index in [0.29, 0.717) is 39.3 Å². The highest BCUT2D eigenvalue weighted by molar-refractivity contribution is 6.62. The number of allylic oxidation sites excluding steroid dienone is 6. The van der Waals surface area contributed by atoms with Crippen molar-refractivity contribution in [2.75, 3.05) is 0 Å². The van der Waals surface area contributed by atoms with Gasteiger partial charge in [-0.15, -0.1) is 0 Å². The van der Waals surface area contributed by atoms with Crippen LogP contribution in [0.5, 0.6) is 11.5 Å². The van der Waals surface area contributed by atoms with Crippen LogP contribution in [0, 0.1) is 0 Å². The lowest BCUT2D eigenvalue weighted by Crippen LogP contribution is -2.28. The molecule has 374 valence electrons. The molecule has 9 aromatic carbocycles. The van der Waals surface area contributed by atoms with E-state index in [1.165, 1.54) is 0 Å². The van der Waals surface area contributed by atoms with Crippen molar-refractivity contribution in [2.24, 2.45) is 0 Å². The van der Waals surface area contributed by atoms with Gasteiger partial charge in [0.1, 0.15) is 16.5 Å². The summed E-state index contributed by atoms with van der Waals surface area (Å²) in [5.41, 5.74) is 10.2. The fourth-order valence-electron chi connectivity index (χ4n) is 10.4. The van der Waals surface area contributed by atoms with Crippen LogP contribution in [0.4, 0.5) is 0 Å². The molecule has 3 aliphatic rings. The molecular weight excluding hydrogens is 1040 g/mol. The van der Waals surface area contributed by atoms with E-state index in [4.69, 9.17) is 65.4 Å². The van der Waals surface area contributed by atoms with E-state index in [0.717, 1.165) is 50.1 Å². The van der Waals surface area contributed by atoms with E-state index >= 15 is 0 Å². The van der Waals surface area contributed by atoms with Crippen molar-refractivity contribution in [1.29, 1.82) is 0 Å². The molecule has 5 nitrogen and oxygen atoms in total. The summed E-state index contributed by atoms with van der Waals surface area (Å²) in [6, 6.07) is 83.0. The molecular formula is C68H44Cl4O5. The van der Waals surface area contributed by atoms with Crippen molar-refractivity contribution in [1.82, 2.24) is 0 Å². The first-order valence-corrected chi connectivity index (χ1v) is 26.5. The Hall–Kier alpha value is -8.29. The monoisotopic (exact) mass is 1080 g/mol. The topological polar surface area (TPSA) is 54.0 Å². The van der Waals surface area contributed by atoms with Crippen LogP contribution in [0.3, 0.4) is 0 Å². The molecule has 0 bridgehead atoms. The molecule has 9 heteroatoms. The van der Waals surface area contributed by atoms with Crippen LogP contribution < -0.4 is 9.47 Å². The number of carbonyl (C=O) groups is 1. The van der Waals surface area contributed by atoms with Crippen LogP contribution in [0.1, 0.15) is 72.6 Å². The number of ether oxygens (including phenoxy) is 4. The third-order valence-corrected chi connectivity index (χ3v) is 15.7. The first kappa shape index (κ1) is 49.6. The molecule has 9 aromatic rings. The van der Waals surface area contributed by atoms with Crippen LogP contribution >= 0.6 is 46.4 Å². The molecule has 77 heavy (non-hydrogen) atoms. The largest absolute Gasteiger partial charge is 0.451 e. The van der Waals surface area contributed by atoms with Gasteiger partial charge in [0.15, 0.2) is 16.5 Å². The smallest absolute Gasteiger partial charge is 0.294 e. The molecule has 2 heterocycles. The Morgan fingerprint density at radius 3 is 1.13 bits per heavy atom. The van der Waals surface area contributed by atoms with Gasteiger partial charge in [-0.1, -0.05) is 271 Å². The molecule has 0 aromatic heterocycles. The molecule has 12 rings (SSSR count). The van der Waals surface area contributed by atoms with E-state index in [9.17, 15) is 4.79 Å². The number of benzene rings is 9. The van der Waals surface area contributed by atoms with Crippen LogP contribution in [0.2, 0.25) is 0 Å². The number of rotatable bonds is 12. The number of hydrogen-bond donors (Lipinski definition) is 0. The van der Waals surface area contributed by atoms with E-state index in [1.54, 1.807) is 6.07 Å². The average molecular weight is 1080 g/mol. The van der Waals surface area contributed by atoms with Crippen molar-refractivity contribution < 1.29 is 23.7 Å². The van der Waals surface area contributed by atoms with E-state index in [2.05, 4.69) is 36.4 Å². The van der Waals surface area contributed by atoms with Gasteiger partial charge in [-0.3, -0.25) is 4.79 Å². The Labute approximate surface area is 466 Å². The fourth-order valence-corrected chi connectivity index (χ4v) is 11.5. The van der Waals surface area contributed by atoms with E-state index < -0.39 is 22.3 Å². The Morgan fingerprint density at radius 2 is 0.714 bits per heavy atom. The van der Waals surface area contributed by atoms with Crippen LogP contribution in [-0.4, -0.2) is 5.78 Å². The average Bonchev–Trinajstić information content (AvgIpc) is 3.62. The molecule has 0 N–H and O–H groups in total. The SMILES string of the molecule is O=C1C(Cl)=C(Cl)C(Cl)(Cl)c2c1ccc(C1=C(Oc3ccccc3)OC(c3ccccc3)C(c3ccccc3)=C1c1ccccc1)c2C1=C(Oc2ccccc2)OC(c2ccccc2)C(c2ccccc2)=C1c1ccccc1. The summed E-state index contributed by atoms with van der Waals surface area (Å²) in [6.45, 7) is 0. The van der Waals surface area contributed by atoms with Gasteiger partial charge in [0.25, 0.3) is 11.9 Å². The number of para-hydroxylation sites is 2. The molecule has 0 spiro atoms. The van der Waals surface area contributed by atoms with Crippen LogP contribution in [-0.2, 0) is 13.8 Å². The van der Waals surface area contributed by atoms with Crippen molar-refractivity contribution in [3.8, 4) is 11.5 Å². The number of Topliss-reactive ketones (excluding diaryl/α,β-unsaturated/α-hetero) is 1. The van der Waals surface area contributed by atoms with E-state index in [-0.39, 0.29) is 33.1 Å². The minimum Gasteiger partial charge on any atom is -0.451 e. The zero-order valence-corrected chi connectivity index (χ0v) is 44.0. The minimum atomic E-state index is -2.15. The lowest BCUT2D eigenvalue weighted by molar-refractivity contribution is 0.0732. The number of alkyl halides is 2. The maximum Gasteiger partial charge on any atom is 0.294 e. The predicted molar refractivity (Wildman–Crippen MR) is 311 cm³/mol. The maximum absolute atomic E-state index is 15.0. The lowest BCUT2D eigenvalue weighted by atomic mass is 9.73. The third kappa shape index (κ3) is 9.36. The second kappa shape index (κ2) is 21.4. The first-order valence-electron chi connectivity index (χ1n) is 25.0. The Bertz CT molecular complexity index is 3820. The summed E-state index contributed by atoms with van der Waals surface area (Å²) in [5.74, 6) is 0.653. The highest BCUT2D eigenvalue weighted by Gasteiger charge is 2.49. The normalized spacial score (nSPS) is 17.2.